The molecule has 104 valence electrons. The summed E-state index contributed by atoms with van der Waals surface area (Å²) in [5.41, 5.74) is 0.649. The third-order valence-corrected chi connectivity index (χ3v) is 2.88. The number of hydrogen-bond donors (Lipinski definition) is 1. The Morgan fingerprint density at radius 1 is 1.16 bits per heavy atom. The first-order valence-corrected chi connectivity index (χ1v) is 6.68. The Bertz CT molecular complexity index is 384. The van der Waals surface area contributed by atoms with Crippen LogP contribution in [0.1, 0.15) is 24.8 Å². The van der Waals surface area contributed by atoms with Crippen molar-refractivity contribution < 1.29 is 9.84 Å². The number of hydrogen-bond acceptors (Lipinski definition) is 4. The van der Waals surface area contributed by atoms with Crippen molar-refractivity contribution in [2.75, 3.05) is 33.4 Å². The van der Waals surface area contributed by atoms with Gasteiger partial charge >= 0.3 is 0 Å². The molecule has 0 aromatic heterocycles. The first-order valence-electron chi connectivity index (χ1n) is 6.68. The topological polar surface area (TPSA) is 56.5 Å². The van der Waals surface area contributed by atoms with Crippen LogP contribution in [0.2, 0.25) is 0 Å². The van der Waals surface area contributed by atoms with Crippen molar-refractivity contribution in [3.05, 3.63) is 29.8 Å². The lowest BCUT2D eigenvalue weighted by Gasteiger charge is -2.16. The number of ether oxygens (including phenoxy) is 1. The summed E-state index contributed by atoms with van der Waals surface area (Å²) in [4.78, 5) is 2.25. The Balaban J connectivity index is 2.11. The molecule has 0 aliphatic rings. The molecule has 0 fully saturated rings. The molecule has 0 aliphatic heterocycles. The summed E-state index contributed by atoms with van der Waals surface area (Å²) in [6, 6.07) is 9.25. The first-order chi connectivity index (χ1) is 9.26. The zero-order chi connectivity index (χ0) is 13.9. The SMILES string of the molecule is CN(CCCCO)CCCOc1ccc(C#N)cc1. The summed E-state index contributed by atoms with van der Waals surface area (Å²) in [5, 5.41) is 17.4. The molecule has 0 unspecified atom stereocenters. The zero-order valence-electron chi connectivity index (χ0n) is 11.5. The molecule has 0 spiro atoms. The van der Waals surface area contributed by atoms with E-state index in [4.69, 9.17) is 15.1 Å². The molecule has 0 amide bonds. The van der Waals surface area contributed by atoms with E-state index in [0.29, 0.717) is 12.2 Å². The van der Waals surface area contributed by atoms with Gasteiger partial charge in [0.15, 0.2) is 0 Å². The van der Waals surface area contributed by atoms with E-state index in [0.717, 1.165) is 38.1 Å². The third-order valence-electron chi connectivity index (χ3n) is 2.88. The summed E-state index contributed by atoms with van der Waals surface area (Å²) in [5.74, 6) is 0.807. The molecule has 1 N–H and O–H groups in total. The summed E-state index contributed by atoms with van der Waals surface area (Å²) >= 11 is 0. The van der Waals surface area contributed by atoms with Gasteiger partial charge in [0.2, 0.25) is 0 Å². The maximum absolute atomic E-state index is 8.70. The van der Waals surface area contributed by atoms with Crippen LogP contribution in [0, 0.1) is 11.3 Å². The molecule has 0 bridgehead atoms. The van der Waals surface area contributed by atoms with Gasteiger partial charge in [-0.2, -0.15) is 5.26 Å². The van der Waals surface area contributed by atoms with Crippen molar-refractivity contribution in [1.29, 1.82) is 5.26 Å². The number of nitriles is 1. The molecule has 0 saturated carbocycles. The second kappa shape index (κ2) is 9.37. The van der Waals surface area contributed by atoms with Gasteiger partial charge in [0.05, 0.1) is 18.2 Å². The third kappa shape index (κ3) is 6.80. The Labute approximate surface area is 115 Å². The summed E-state index contributed by atoms with van der Waals surface area (Å²) in [6.07, 6.45) is 2.87. The number of nitrogens with zero attached hydrogens (tertiary/aromatic N) is 2. The molecular formula is C15H22N2O2. The molecular weight excluding hydrogens is 240 g/mol. The monoisotopic (exact) mass is 262 g/mol. The van der Waals surface area contributed by atoms with Gasteiger partial charge in [-0.3, -0.25) is 0 Å². The Hall–Kier alpha value is -1.57. The molecule has 0 heterocycles. The average molecular weight is 262 g/mol. The number of unbranched alkanes of at least 4 members (excludes halogenated alkanes) is 1. The molecule has 0 radical (unpaired) electrons. The summed E-state index contributed by atoms with van der Waals surface area (Å²) in [7, 11) is 2.08. The van der Waals surface area contributed by atoms with Gasteiger partial charge in [0.1, 0.15) is 5.75 Å². The van der Waals surface area contributed by atoms with E-state index in [2.05, 4.69) is 18.0 Å². The summed E-state index contributed by atoms with van der Waals surface area (Å²) in [6.45, 7) is 2.95. The van der Waals surface area contributed by atoms with Crippen molar-refractivity contribution in [2.45, 2.75) is 19.3 Å². The number of aliphatic hydroxyl groups excluding tert-OH is 1. The van der Waals surface area contributed by atoms with Gasteiger partial charge in [-0.25, -0.2) is 0 Å². The standard InChI is InChI=1S/C15H22N2O2/c1-17(9-2-3-11-18)10-4-12-19-15-7-5-14(13-16)6-8-15/h5-8,18H,2-4,9-12H2,1H3. The Kier molecular flexibility index (Phi) is 7.64. The number of rotatable bonds is 9. The van der Waals surface area contributed by atoms with Gasteiger partial charge < -0.3 is 14.7 Å². The largest absolute Gasteiger partial charge is 0.494 e. The highest BCUT2D eigenvalue weighted by Gasteiger charge is 1.99. The van der Waals surface area contributed by atoms with E-state index < -0.39 is 0 Å². The van der Waals surface area contributed by atoms with E-state index in [1.54, 1.807) is 12.1 Å². The van der Waals surface area contributed by atoms with Gasteiger partial charge in [0, 0.05) is 13.2 Å². The van der Waals surface area contributed by atoms with Crippen molar-refractivity contribution in [3.8, 4) is 11.8 Å². The van der Waals surface area contributed by atoms with Gasteiger partial charge in [-0.15, -0.1) is 0 Å². The number of aliphatic hydroxyl groups is 1. The predicted octanol–water partition coefficient (Wildman–Crippen LogP) is 2.03. The van der Waals surface area contributed by atoms with Crippen molar-refractivity contribution in [3.63, 3.8) is 0 Å². The van der Waals surface area contributed by atoms with E-state index in [-0.39, 0.29) is 6.61 Å². The van der Waals surface area contributed by atoms with Crippen LogP contribution >= 0.6 is 0 Å². The van der Waals surface area contributed by atoms with E-state index in [9.17, 15) is 0 Å². The lowest BCUT2D eigenvalue weighted by molar-refractivity contribution is 0.244. The van der Waals surface area contributed by atoms with Crippen molar-refractivity contribution >= 4 is 0 Å². The van der Waals surface area contributed by atoms with Gasteiger partial charge in [-0.1, -0.05) is 0 Å². The molecule has 4 nitrogen and oxygen atoms in total. The second-order valence-electron chi connectivity index (χ2n) is 4.57. The Morgan fingerprint density at radius 2 is 1.84 bits per heavy atom. The van der Waals surface area contributed by atoms with Crippen molar-refractivity contribution in [2.24, 2.45) is 0 Å². The van der Waals surface area contributed by atoms with E-state index in [1.165, 1.54) is 0 Å². The second-order valence-corrected chi connectivity index (χ2v) is 4.57. The van der Waals surface area contributed by atoms with Gasteiger partial charge in [0.25, 0.3) is 0 Å². The average Bonchev–Trinajstić information content (AvgIpc) is 2.44. The van der Waals surface area contributed by atoms with Crippen LogP contribution in [0.25, 0.3) is 0 Å². The minimum atomic E-state index is 0.273. The van der Waals surface area contributed by atoms with E-state index >= 15 is 0 Å². The minimum absolute atomic E-state index is 0.273. The quantitative estimate of drug-likeness (QED) is 0.692. The van der Waals surface area contributed by atoms with Crippen molar-refractivity contribution in [1.82, 2.24) is 4.90 Å². The van der Waals surface area contributed by atoms with Crippen LogP contribution in [0.3, 0.4) is 0 Å². The molecule has 1 aromatic rings. The maximum Gasteiger partial charge on any atom is 0.119 e. The molecule has 19 heavy (non-hydrogen) atoms. The molecule has 1 aromatic carbocycles. The highest BCUT2D eigenvalue weighted by atomic mass is 16.5. The van der Waals surface area contributed by atoms with E-state index in [1.807, 2.05) is 12.1 Å². The lowest BCUT2D eigenvalue weighted by Crippen LogP contribution is -2.22. The van der Waals surface area contributed by atoms with Gasteiger partial charge in [-0.05, 0) is 57.1 Å². The van der Waals surface area contributed by atoms with Crippen LogP contribution in [0.4, 0.5) is 0 Å². The lowest BCUT2D eigenvalue weighted by atomic mass is 10.2. The Morgan fingerprint density at radius 3 is 2.47 bits per heavy atom. The molecule has 0 atom stereocenters. The van der Waals surface area contributed by atoms with Crippen LogP contribution in [0.15, 0.2) is 24.3 Å². The minimum Gasteiger partial charge on any atom is -0.494 e. The first kappa shape index (κ1) is 15.5. The molecule has 4 heteroatoms. The normalized spacial score (nSPS) is 10.4. The number of benzene rings is 1. The maximum atomic E-state index is 8.70. The fourth-order valence-electron chi connectivity index (χ4n) is 1.76. The summed E-state index contributed by atoms with van der Waals surface area (Å²) < 4.78 is 5.61. The predicted molar refractivity (Wildman–Crippen MR) is 75.1 cm³/mol. The van der Waals surface area contributed by atoms with Crippen LogP contribution in [-0.2, 0) is 0 Å². The molecule has 0 aliphatic carbocycles. The van der Waals surface area contributed by atoms with Crippen LogP contribution in [-0.4, -0.2) is 43.4 Å². The van der Waals surface area contributed by atoms with Crippen LogP contribution < -0.4 is 4.74 Å². The zero-order valence-corrected chi connectivity index (χ0v) is 11.5. The fraction of sp³-hybridized carbons (Fsp3) is 0.533. The highest BCUT2D eigenvalue weighted by molar-refractivity contribution is 5.34. The smallest absolute Gasteiger partial charge is 0.119 e. The highest BCUT2D eigenvalue weighted by Crippen LogP contribution is 2.11. The van der Waals surface area contributed by atoms with Crippen LogP contribution in [0.5, 0.6) is 5.75 Å². The molecule has 0 saturated heterocycles. The molecule has 1 rings (SSSR count). The fourth-order valence-corrected chi connectivity index (χ4v) is 1.76.